The Morgan fingerprint density at radius 3 is 2.91 bits per heavy atom. The number of likely N-dealkylation sites (tertiary alicyclic amines) is 1. The highest BCUT2D eigenvalue weighted by atomic mass is 16.3. The molecular formula is C7H14N2O2. The summed E-state index contributed by atoms with van der Waals surface area (Å²) in [7, 11) is 0. The summed E-state index contributed by atoms with van der Waals surface area (Å²) in [4.78, 5) is 12.7. The van der Waals surface area contributed by atoms with Crippen molar-refractivity contribution < 1.29 is 9.90 Å². The Kier molecular flexibility index (Phi) is 2.46. The van der Waals surface area contributed by atoms with E-state index in [0.717, 1.165) is 0 Å². The zero-order chi connectivity index (χ0) is 8.43. The van der Waals surface area contributed by atoms with Crippen LogP contribution in [-0.2, 0) is 4.79 Å². The second kappa shape index (κ2) is 3.19. The van der Waals surface area contributed by atoms with E-state index in [1.807, 2.05) is 6.92 Å². The summed E-state index contributed by atoms with van der Waals surface area (Å²) in [6.07, 6.45) is 0.637. The minimum Gasteiger partial charge on any atom is -0.396 e. The van der Waals surface area contributed by atoms with Crippen LogP contribution in [0.25, 0.3) is 0 Å². The fraction of sp³-hybridized carbons (Fsp3) is 0.857. The number of hydrogen-bond donors (Lipinski definition) is 2. The molecule has 0 spiro atoms. The Morgan fingerprint density at radius 1 is 1.91 bits per heavy atom. The first kappa shape index (κ1) is 8.49. The first-order valence-electron chi connectivity index (χ1n) is 3.83. The Bertz CT molecular complexity index is 161. The molecule has 1 aliphatic rings. The molecule has 2 unspecified atom stereocenters. The van der Waals surface area contributed by atoms with Crippen LogP contribution in [0.2, 0.25) is 0 Å². The molecule has 0 bridgehead atoms. The van der Waals surface area contributed by atoms with Crippen molar-refractivity contribution >= 4 is 5.91 Å². The molecule has 2 atom stereocenters. The van der Waals surface area contributed by atoms with E-state index in [2.05, 4.69) is 0 Å². The van der Waals surface area contributed by atoms with Crippen molar-refractivity contribution in [1.29, 1.82) is 0 Å². The number of aliphatic hydroxyl groups excluding tert-OH is 1. The monoisotopic (exact) mass is 158 g/mol. The van der Waals surface area contributed by atoms with E-state index in [0.29, 0.717) is 13.0 Å². The van der Waals surface area contributed by atoms with Crippen LogP contribution in [0.15, 0.2) is 0 Å². The normalized spacial score (nSPS) is 26.6. The van der Waals surface area contributed by atoms with Crippen molar-refractivity contribution in [3.8, 4) is 0 Å². The molecule has 0 aromatic carbocycles. The highest BCUT2D eigenvalue weighted by Crippen LogP contribution is 2.14. The molecule has 11 heavy (non-hydrogen) atoms. The van der Waals surface area contributed by atoms with Crippen molar-refractivity contribution in [2.45, 2.75) is 25.4 Å². The van der Waals surface area contributed by atoms with Crippen LogP contribution in [-0.4, -0.2) is 41.1 Å². The van der Waals surface area contributed by atoms with Gasteiger partial charge in [-0.25, -0.2) is 0 Å². The molecule has 4 nitrogen and oxygen atoms in total. The molecular weight excluding hydrogens is 144 g/mol. The van der Waals surface area contributed by atoms with Gasteiger partial charge >= 0.3 is 0 Å². The van der Waals surface area contributed by atoms with E-state index < -0.39 is 0 Å². The fourth-order valence-electron chi connectivity index (χ4n) is 1.22. The number of carbonyl (C=O) groups is 1. The smallest absolute Gasteiger partial charge is 0.241 e. The first-order valence-corrected chi connectivity index (χ1v) is 3.83. The minimum atomic E-state index is -0.295. The van der Waals surface area contributed by atoms with E-state index in [1.54, 1.807) is 4.90 Å². The second-order valence-corrected chi connectivity index (χ2v) is 2.96. The summed E-state index contributed by atoms with van der Waals surface area (Å²) < 4.78 is 0. The SMILES string of the molecule is CC(CCO)N1CC(N)C1=O. The van der Waals surface area contributed by atoms with E-state index in [4.69, 9.17) is 10.8 Å². The molecule has 1 rings (SSSR count). The molecule has 1 amide bonds. The summed E-state index contributed by atoms with van der Waals surface area (Å²) in [6, 6.07) is -0.163. The zero-order valence-corrected chi connectivity index (χ0v) is 6.66. The molecule has 1 saturated heterocycles. The Hall–Kier alpha value is -0.610. The lowest BCUT2D eigenvalue weighted by atomic mass is 10.0. The van der Waals surface area contributed by atoms with Gasteiger partial charge < -0.3 is 15.7 Å². The average Bonchev–Trinajstić information content (AvgIpc) is 1.99. The van der Waals surface area contributed by atoms with Gasteiger partial charge in [0.1, 0.15) is 6.04 Å². The van der Waals surface area contributed by atoms with Gasteiger partial charge in [-0.15, -0.1) is 0 Å². The van der Waals surface area contributed by atoms with Crippen LogP contribution in [0.5, 0.6) is 0 Å². The number of hydrogen-bond acceptors (Lipinski definition) is 3. The van der Waals surface area contributed by atoms with Gasteiger partial charge in [0.15, 0.2) is 0 Å². The van der Waals surface area contributed by atoms with Gasteiger partial charge in [-0.2, -0.15) is 0 Å². The number of nitrogens with zero attached hydrogens (tertiary/aromatic N) is 1. The summed E-state index contributed by atoms with van der Waals surface area (Å²) in [5.74, 6) is 0.00551. The molecule has 1 fully saturated rings. The second-order valence-electron chi connectivity index (χ2n) is 2.96. The predicted molar refractivity (Wildman–Crippen MR) is 40.9 cm³/mol. The third-order valence-corrected chi connectivity index (χ3v) is 2.07. The van der Waals surface area contributed by atoms with E-state index in [-0.39, 0.29) is 24.6 Å². The maximum absolute atomic E-state index is 11.0. The van der Waals surface area contributed by atoms with Gasteiger partial charge in [0.05, 0.1) is 0 Å². The summed E-state index contributed by atoms with van der Waals surface area (Å²) in [5.41, 5.74) is 5.39. The lowest BCUT2D eigenvalue weighted by Gasteiger charge is -2.40. The molecule has 0 saturated carbocycles. The van der Waals surface area contributed by atoms with Gasteiger partial charge in [0.25, 0.3) is 0 Å². The highest BCUT2D eigenvalue weighted by Gasteiger charge is 2.35. The summed E-state index contributed by atoms with van der Waals surface area (Å²) in [5, 5.41) is 8.59. The molecule has 3 N–H and O–H groups in total. The third kappa shape index (κ3) is 1.52. The number of nitrogens with two attached hydrogens (primary N) is 1. The number of carbonyl (C=O) groups excluding carboxylic acids is 1. The van der Waals surface area contributed by atoms with Gasteiger partial charge in [0.2, 0.25) is 5.91 Å². The average molecular weight is 158 g/mol. The van der Waals surface area contributed by atoms with E-state index in [9.17, 15) is 4.79 Å². The summed E-state index contributed by atoms with van der Waals surface area (Å²) >= 11 is 0. The van der Waals surface area contributed by atoms with Crippen molar-refractivity contribution in [3.05, 3.63) is 0 Å². The molecule has 1 aliphatic heterocycles. The van der Waals surface area contributed by atoms with Crippen molar-refractivity contribution in [2.24, 2.45) is 5.73 Å². The minimum absolute atomic E-state index is 0.00551. The van der Waals surface area contributed by atoms with Crippen LogP contribution < -0.4 is 5.73 Å². The number of β-lactam (4-membered cyclic amide) rings is 1. The van der Waals surface area contributed by atoms with Crippen LogP contribution in [0.3, 0.4) is 0 Å². The van der Waals surface area contributed by atoms with Gasteiger partial charge in [-0.05, 0) is 13.3 Å². The first-order chi connectivity index (χ1) is 5.16. The van der Waals surface area contributed by atoms with Gasteiger partial charge in [0, 0.05) is 19.2 Å². The molecule has 0 aromatic heterocycles. The predicted octanol–water partition coefficient (Wildman–Crippen LogP) is -1.07. The van der Waals surface area contributed by atoms with Crippen LogP contribution in [0.1, 0.15) is 13.3 Å². The maximum atomic E-state index is 11.0. The van der Waals surface area contributed by atoms with Gasteiger partial charge in [-0.3, -0.25) is 4.79 Å². The fourth-order valence-corrected chi connectivity index (χ4v) is 1.22. The Balaban J connectivity index is 2.33. The van der Waals surface area contributed by atoms with Gasteiger partial charge in [-0.1, -0.05) is 0 Å². The number of amides is 1. The Morgan fingerprint density at radius 2 is 2.55 bits per heavy atom. The van der Waals surface area contributed by atoms with Crippen molar-refractivity contribution in [2.75, 3.05) is 13.2 Å². The van der Waals surface area contributed by atoms with Crippen molar-refractivity contribution in [1.82, 2.24) is 4.90 Å². The highest BCUT2D eigenvalue weighted by molar-refractivity contribution is 5.87. The zero-order valence-electron chi connectivity index (χ0n) is 6.66. The lowest BCUT2D eigenvalue weighted by molar-refractivity contribution is -0.145. The third-order valence-electron chi connectivity index (χ3n) is 2.07. The number of aliphatic hydroxyl groups is 1. The molecule has 0 aliphatic carbocycles. The molecule has 0 aromatic rings. The largest absolute Gasteiger partial charge is 0.396 e. The maximum Gasteiger partial charge on any atom is 0.241 e. The molecule has 4 heteroatoms. The standard InChI is InChI=1S/C7H14N2O2/c1-5(2-3-10)9-4-6(8)7(9)11/h5-6,10H,2-4,8H2,1H3. The summed E-state index contributed by atoms with van der Waals surface area (Å²) in [6.45, 7) is 2.68. The van der Waals surface area contributed by atoms with Crippen molar-refractivity contribution in [3.63, 3.8) is 0 Å². The topological polar surface area (TPSA) is 66.6 Å². The van der Waals surface area contributed by atoms with E-state index >= 15 is 0 Å². The van der Waals surface area contributed by atoms with Crippen LogP contribution in [0, 0.1) is 0 Å². The molecule has 1 heterocycles. The van der Waals surface area contributed by atoms with Crippen LogP contribution >= 0.6 is 0 Å². The van der Waals surface area contributed by atoms with Crippen LogP contribution in [0.4, 0.5) is 0 Å². The Labute approximate surface area is 66.0 Å². The quantitative estimate of drug-likeness (QED) is 0.514. The lowest BCUT2D eigenvalue weighted by Crippen LogP contribution is -2.63. The molecule has 0 radical (unpaired) electrons. The molecule has 64 valence electrons. The number of rotatable bonds is 3. The van der Waals surface area contributed by atoms with E-state index in [1.165, 1.54) is 0 Å².